The third-order valence-electron chi connectivity index (χ3n) is 7.37. The van der Waals surface area contributed by atoms with Gasteiger partial charge in [0.05, 0.1) is 33.6 Å². The lowest BCUT2D eigenvalue weighted by atomic mass is 10.1. The minimum atomic E-state index is -4.92. The van der Waals surface area contributed by atoms with Gasteiger partial charge in [-0.05, 0) is 34.2 Å². The van der Waals surface area contributed by atoms with E-state index in [2.05, 4.69) is 11.6 Å². The van der Waals surface area contributed by atoms with Crippen molar-refractivity contribution in [1.29, 1.82) is 0 Å². The fourth-order valence-corrected chi connectivity index (χ4v) is 8.72. The molecule has 41 heavy (non-hydrogen) atoms. The Balaban J connectivity index is 1.83. The molecule has 0 spiro atoms. The molecule has 1 aromatic heterocycles. The van der Waals surface area contributed by atoms with Crippen LogP contribution in [-0.2, 0) is 32.2 Å². The predicted molar refractivity (Wildman–Crippen MR) is 143 cm³/mol. The Labute approximate surface area is 236 Å². The van der Waals surface area contributed by atoms with Crippen molar-refractivity contribution in [3.8, 4) is 0 Å². The summed E-state index contributed by atoms with van der Waals surface area (Å²) in [5, 5.41) is -0.707. The number of alkyl halides is 3. The number of nitrogens with zero attached hydrogens (tertiary/aromatic N) is 4. The fraction of sp³-hybridized carbons (Fsp3) is 0.346. The van der Waals surface area contributed by atoms with Crippen molar-refractivity contribution in [1.82, 2.24) is 14.5 Å². The maximum Gasteiger partial charge on any atom is 0.416 e. The van der Waals surface area contributed by atoms with Crippen LogP contribution in [0.2, 0.25) is 5.02 Å². The van der Waals surface area contributed by atoms with E-state index in [1.165, 1.54) is 12.0 Å². The average Bonchev–Trinajstić information content (AvgIpc) is 3.07. The summed E-state index contributed by atoms with van der Waals surface area (Å²) in [6.07, 6.45) is -4.78. The van der Waals surface area contributed by atoms with Crippen molar-refractivity contribution < 1.29 is 35.7 Å². The summed E-state index contributed by atoms with van der Waals surface area (Å²) in [5.41, 5.74) is -2.16. The van der Waals surface area contributed by atoms with Gasteiger partial charge in [-0.15, -0.1) is 0 Å². The lowest BCUT2D eigenvalue weighted by molar-refractivity contribution is -0.137. The summed E-state index contributed by atoms with van der Waals surface area (Å²) >= 11 is 5.90. The second kappa shape index (κ2) is 10.5. The average molecular weight is 619 g/mol. The molecule has 0 radical (unpaired) electrons. The van der Waals surface area contributed by atoms with Crippen molar-refractivity contribution in [2.45, 2.75) is 28.6 Å². The van der Waals surface area contributed by atoms with Crippen LogP contribution >= 0.6 is 11.6 Å². The zero-order valence-electron chi connectivity index (χ0n) is 21.6. The predicted octanol–water partition coefficient (Wildman–Crippen LogP) is 3.64. The molecule has 3 heterocycles. The highest BCUT2D eigenvalue weighted by Crippen LogP contribution is 2.44. The Bertz CT molecular complexity index is 1690. The van der Waals surface area contributed by atoms with Crippen LogP contribution in [0.3, 0.4) is 0 Å². The molecule has 0 bridgehead atoms. The van der Waals surface area contributed by atoms with Crippen LogP contribution in [-0.4, -0.2) is 69.7 Å². The van der Waals surface area contributed by atoms with E-state index in [9.17, 15) is 31.4 Å². The number of rotatable bonds is 4. The van der Waals surface area contributed by atoms with Gasteiger partial charge in [-0.2, -0.15) is 18.2 Å². The number of ether oxygens (including phenoxy) is 1. The number of piperazine rings is 1. The van der Waals surface area contributed by atoms with Gasteiger partial charge in [0, 0.05) is 55.4 Å². The van der Waals surface area contributed by atoms with Crippen molar-refractivity contribution >= 4 is 44.2 Å². The Morgan fingerprint density at radius 2 is 1.80 bits per heavy atom. The molecule has 15 heteroatoms. The number of methoxy groups -OCH3 is 1. The lowest BCUT2D eigenvalue weighted by Crippen LogP contribution is -2.49. The first-order valence-electron chi connectivity index (χ1n) is 12.4. The second-order valence-electron chi connectivity index (χ2n) is 9.73. The molecule has 1 saturated heterocycles. The molecule has 0 unspecified atom stereocenters. The molecule has 220 valence electrons. The first-order chi connectivity index (χ1) is 19.3. The van der Waals surface area contributed by atoms with Gasteiger partial charge in [-0.1, -0.05) is 18.2 Å². The topological polar surface area (TPSA) is 84.7 Å². The molecule has 3 aromatic rings. The van der Waals surface area contributed by atoms with Crippen LogP contribution in [0, 0.1) is 11.6 Å². The molecule has 0 aliphatic carbocycles. The Hall–Kier alpha value is -3.36. The van der Waals surface area contributed by atoms with E-state index < -0.39 is 65.7 Å². The largest absolute Gasteiger partial charge is 0.416 e. The van der Waals surface area contributed by atoms with Crippen molar-refractivity contribution in [2.24, 2.45) is 0 Å². The van der Waals surface area contributed by atoms with Crippen molar-refractivity contribution in [3.63, 3.8) is 0 Å². The molecule has 1 amide bonds. The first kappa shape index (κ1) is 29.1. The molecule has 5 rings (SSSR count). The van der Waals surface area contributed by atoms with Gasteiger partial charge in [0.2, 0.25) is 5.91 Å². The zero-order chi connectivity index (χ0) is 29.9. The molecular formula is C26H24ClF5N4O4S. The number of benzene rings is 2. The number of hydrogen-bond acceptors (Lipinski definition) is 6. The zero-order valence-corrected chi connectivity index (χ0v) is 23.2. The van der Waals surface area contributed by atoms with Crippen LogP contribution in [0.15, 0.2) is 51.5 Å². The minimum absolute atomic E-state index is 0.0978. The van der Waals surface area contributed by atoms with Gasteiger partial charge in [-0.25, -0.2) is 13.6 Å². The molecule has 0 N–H and O–H groups in total. The molecule has 8 nitrogen and oxygen atoms in total. The van der Waals surface area contributed by atoms with Crippen LogP contribution in [0.4, 0.5) is 27.8 Å². The summed E-state index contributed by atoms with van der Waals surface area (Å²) in [5.74, 6) is -3.30. The van der Waals surface area contributed by atoms with Gasteiger partial charge in [0.25, 0.3) is 0 Å². The molecule has 2 aromatic carbocycles. The van der Waals surface area contributed by atoms with Crippen LogP contribution < -0.4 is 10.6 Å². The molecular weight excluding hydrogens is 595 g/mol. The summed E-state index contributed by atoms with van der Waals surface area (Å²) in [6, 6.07) is 2.67. The number of anilines is 1. The minimum Gasteiger partial charge on any atom is -0.379 e. The fourth-order valence-electron chi connectivity index (χ4n) is 5.31. The number of aromatic nitrogens is 2. The Morgan fingerprint density at radius 3 is 2.41 bits per heavy atom. The molecule has 1 fully saturated rings. The number of halogens is 6. The standard InChI is InChI=1S/C26H24ClF5N4O4S/c1-3-22(37)34-4-6-35(7-5-34)24-16-8-14(26(30,31)32)9-21-23(16)36(25(38)33-24)12-15(40-2)13-41(21,39)20-10-17(27)18(28)11-19(20)29/h3,8-11,15,41H,1,4-7,12-13H2,2H3/t15-/m0/s1. The van der Waals surface area contributed by atoms with E-state index in [1.807, 2.05) is 0 Å². The van der Waals surface area contributed by atoms with Crippen LogP contribution in [0.25, 0.3) is 10.9 Å². The quantitative estimate of drug-likeness (QED) is 0.208. The molecule has 1 atom stereocenters. The van der Waals surface area contributed by atoms with Crippen LogP contribution in [0.1, 0.15) is 5.56 Å². The summed E-state index contributed by atoms with van der Waals surface area (Å²) in [7, 11) is -3.14. The van der Waals surface area contributed by atoms with Crippen molar-refractivity contribution in [2.75, 3.05) is 43.9 Å². The second-order valence-corrected chi connectivity index (χ2v) is 12.9. The van der Waals surface area contributed by atoms with Crippen LogP contribution in [0.5, 0.6) is 0 Å². The highest BCUT2D eigenvalue weighted by molar-refractivity contribution is 8.03. The maximum absolute atomic E-state index is 15.2. The number of carbonyl (C=O) groups excluding carboxylic acids is 1. The van der Waals surface area contributed by atoms with E-state index in [1.54, 1.807) is 4.90 Å². The molecule has 2 aliphatic rings. The van der Waals surface area contributed by atoms with Gasteiger partial charge in [0.1, 0.15) is 17.5 Å². The van der Waals surface area contributed by atoms with E-state index >= 15 is 4.39 Å². The lowest BCUT2D eigenvalue weighted by Gasteiger charge is -2.35. The Morgan fingerprint density at radius 1 is 1.12 bits per heavy atom. The summed E-state index contributed by atoms with van der Waals surface area (Å²) < 4.78 is 93.4. The maximum atomic E-state index is 15.2. The summed E-state index contributed by atoms with van der Waals surface area (Å²) in [4.78, 5) is 31.6. The van der Waals surface area contributed by atoms with E-state index in [0.717, 1.165) is 22.8 Å². The number of carbonyl (C=O) groups is 1. The van der Waals surface area contributed by atoms with Gasteiger partial charge >= 0.3 is 11.9 Å². The van der Waals surface area contributed by atoms with E-state index in [-0.39, 0.29) is 55.4 Å². The Kier molecular flexibility index (Phi) is 7.45. The van der Waals surface area contributed by atoms with Crippen molar-refractivity contribution in [3.05, 3.63) is 69.6 Å². The van der Waals surface area contributed by atoms with E-state index in [0.29, 0.717) is 12.1 Å². The molecule has 2 aliphatic heterocycles. The smallest absolute Gasteiger partial charge is 0.379 e. The number of amides is 1. The highest BCUT2D eigenvalue weighted by atomic mass is 35.5. The van der Waals surface area contributed by atoms with Gasteiger partial charge < -0.3 is 14.5 Å². The first-order valence-corrected chi connectivity index (χ1v) is 14.6. The van der Waals surface area contributed by atoms with E-state index in [4.69, 9.17) is 16.3 Å². The highest BCUT2D eigenvalue weighted by Gasteiger charge is 2.40. The summed E-state index contributed by atoms with van der Waals surface area (Å²) in [6.45, 7) is 3.86. The SMILES string of the molecule is C=CC(=O)N1CCN(c2nc(=O)n3c4c(cc(C(F)(F)F)cc24)[SH](=O)(c2cc(Cl)c(F)cc2F)C[C@@H](OC)C3)CC1. The van der Waals surface area contributed by atoms with Gasteiger partial charge in [-0.3, -0.25) is 13.6 Å². The number of thiol groups is 1. The monoisotopic (exact) mass is 618 g/mol. The normalized spacial score (nSPS) is 19.6. The van der Waals surface area contributed by atoms with Gasteiger partial charge in [0.15, 0.2) is 0 Å². The number of hydrogen-bond donors (Lipinski definition) is 1. The third kappa shape index (κ3) is 5.01. The molecule has 0 saturated carbocycles. The third-order valence-corrected chi connectivity index (χ3v) is 10.8.